The molecule has 0 aromatic carbocycles. The van der Waals surface area contributed by atoms with Crippen LogP contribution in [-0.4, -0.2) is 102 Å². The van der Waals surface area contributed by atoms with Crippen LogP contribution < -0.4 is 21.3 Å². The highest BCUT2D eigenvalue weighted by molar-refractivity contribution is 7.86. The van der Waals surface area contributed by atoms with E-state index in [0.717, 1.165) is 57.3 Å². The van der Waals surface area contributed by atoms with E-state index in [2.05, 4.69) is 77.3 Å². The Bertz CT molecular complexity index is 1100. The van der Waals surface area contributed by atoms with E-state index in [4.69, 9.17) is 0 Å². The van der Waals surface area contributed by atoms with Crippen LogP contribution >= 0.6 is 0 Å². The first kappa shape index (κ1) is 33.9. The molecule has 0 radical (unpaired) electrons. The third kappa shape index (κ3) is 8.38. The van der Waals surface area contributed by atoms with Crippen LogP contribution in [0.1, 0.15) is 65.7 Å². The molecule has 10 heteroatoms. The zero-order valence-electron chi connectivity index (χ0n) is 27.3. The van der Waals surface area contributed by atoms with Crippen molar-refractivity contribution >= 4 is 22.6 Å². The van der Waals surface area contributed by atoms with Crippen molar-refractivity contribution < 1.29 is 13.8 Å². The van der Waals surface area contributed by atoms with Crippen molar-refractivity contribution in [1.29, 1.82) is 0 Å². The first-order valence-electron chi connectivity index (χ1n) is 16.3. The van der Waals surface area contributed by atoms with E-state index in [1.54, 1.807) is 7.05 Å². The smallest absolute Gasteiger partial charge is 0.234 e. The maximum atomic E-state index is 13.3. The lowest BCUT2D eigenvalue weighted by molar-refractivity contribution is -0.123. The zero-order chi connectivity index (χ0) is 31.2. The van der Waals surface area contributed by atoms with Crippen LogP contribution in [0.4, 0.5) is 0 Å². The molecule has 3 aliphatic heterocycles. The number of carbonyl (C=O) groups excluding carboxylic acids is 2. The summed E-state index contributed by atoms with van der Waals surface area (Å²) < 4.78 is 13.3. The van der Waals surface area contributed by atoms with Gasteiger partial charge in [-0.15, -0.1) is 0 Å². The van der Waals surface area contributed by atoms with E-state index in [9.17, 15) is 13.8 Å². The van der Waals surface area contributed by atoms with Gasteiger partial charge in [-0.2, -0.15) is 0 Å². The third-order valence-corrected chi connectivity index (χ3v) is 12.0. The monoisotopic (exact) mass is 616 g/mol. The lowest BCUT2D eigenvalue weighted by Gasteiger charge is -2.53. The number of piperidine rings is 1. The fourth-order valence-electron chi connectivity index (χ4n) is 7.70. The number of nitrogens with zero attached hydrogens (tertiary/aromatic N) is 2. The number of hydrogen-bond donors (Lipinski definition) is 4. The van der Waals surface area contributed by atoms with Gasteiger partial charge >= 0.3 is 0 Å². The summed E-state index contributed by atoms with van der Waals surface area (Å²) in [5, 5.41) is 13.6. The Labute approximate surface area is 262 Å². The predicted molar refractivity (Wildman–Crippen MR) is 176 cm³/mol. The summed E-state index contributed by atoms with van der Waals surface area (Å²) in [5.74, 6) is 1.66. The molecule has 7 atom stereocenters. The molecule has 4 rings (SSSR count). The number of carbonyl (C=O) groups is 2. The first-order chi connectivity index (χ1) is 20.5. The van der Waals surface area contributed by atoms with Gasteiger partial charge in [0.1, 0.15) is 0 Å². The Morgan fingerprint density at radius 2 is 1.88 bits per heavy atom. The molecule has 0 spiro atoms. The number of allylic oxidation sites excluding steroid dienone is 5. The minimum Gasteiger partial charge on any atom is -0.385 e. The molecule has 9 nitrogen and oxygen atoms in total. The molecular formula is C33H56N6O3S. The van der Waals surface area contributed by atoms with Gasteiger partial charge in [-0.25, -0.2) is 0 Å². The van der Waals surface area contributed by atoms with Gasteiger partial charge in [0.15, 0.2) is 0 Å². The Morgan fingerprint density at radius 1 is 1.16 bits per heavy atom. The molecule has 1 aliphatic carbocycles. The molecule has 43 heavy (non-hydrogen) atoms. The number of nitrogens with one attached hydrogen (secondary N) is 4. The molecule has 0 aromatic heterocycles. The highest BCUT2D eigenvalue weighted by Crippen LogP contribution is 2.46. The Balaban J connectivity index is 1.46. The third-order valence-electron chi connectivity index (χ3n) is 10.2. The summed E-state index contributed by atoms with van der Waals surface area (Å²) in [6.45, 7) is 9.76. The summed E-state index contributed by atoms with van der Waals surface area (Å²) in [5.41, 5.74) is 0.895. The van der Waals surface area contributed by atoms with Crippen LogP contribution in [0.25, 0.3) is 0 Å². The summed E-state index contributed by atoms with van der Waals surface area (Å²) in [4.78, 5) is 29.0. The second kappa shape index (κ2) is 14.8. The Hall–Kier alpha value is -2.01. The average molecular weight is 617 g/mol. The van der Waals surface area contributed by atoms with E-state index in [0.29, 0.717) is 37.1 Å². The van der Waals surface area contributed by atoms with Crippen molar-refractivity contribution in [2.45, 2.75) is 88.7 Å². The Kier molecular flexibility index (Phi) is 11.7. The summed E-state index contributed by atoms with van der Waals surface area (Å²) in [6, 6.07) is 0.270. The highest BCUT2D eigenvalue weighted by Gasteiger charge is 2.48. The molecule has 3 heterocycles. The fourth-order valence-corrected chi connectivity index (χ4v) is 9.46. The minimum atomic E-state index is -0.938. The molecule has 4 aliphatic rings. The van der Waals surface area contributed by atoms with E-state index in [-0.39, 0.29) is 40.2 Å². The molecule has 6 unspecified atom stereocenters. The van der Waals surface area contributed by atoms with Crippen molar-refractivity contribution in [3.8, 4) is 0 Å². The van der Waals surface area contributed by atoms with E-state index in [1.807, 2.05) is 19.0 Å². The number of amides is 2. The predicted octanol–water partition coefficient (Wildman–Crippen LogP) is 2.50. The minimum absolute atomic E-state index is 0.0102. The summed E-state index contributed by atoms with van der Waals surface area (Å²) in [6.07, 6.45) is 17.3. The zero-order valence-corrected chi connectivity index (χ0v) is 28.1. The lowest BCUT2D eigenvalue weighted by atomic mass is 9.63. The van der Waals surface area contributed by atoms with Crippen LogP contribution in [0.5, 0.6) is 0 Å². The molecule has 2 saturated heterocycles. The van der Waals surface area contributed by atoms with Crippen molar-refractivity contribution in [2.24, 2.45) is 17.3 Å². The number of likely N-dealkylation sites (tertiary alicyclic amines) is 1. The fraction of sp³-hybridized carbons (Fsp3) is 0.758. The van der Waals surface area contributed by atoms with Gasteiger partial charge < -0.3 is 20.9 Å². The molecule has 2 fully saturated rings. The molecule has 4 N–H and O–H groups in total. The maximum Gasteiger partial charge on any atom is 0.234 e. The van der Waals surface area contributed by atoms with Gasteiger partial charge in [0.2, 0.25) is 11.8 Å². The van der Waals surface area contributed by atoms with E-state index >= 15 is 0 Å². The van der Waals surface area contributed by atoms with Crippen LogP contribution in [0.2, 0.25) is 0 Å². The molecule has 0 bridgehead atoms. The second-order valence-corrected chi connectivity index (χ2v) is 15.5. The van der Waals surface area contributed by atoms with Crippen molar-refractivity contribution in [3.63, 3.8) is 0 Å². The number of rotatable bonds is 11. The molecule has 0 saturated carbocycles. The molecule has 2 amide bonds. The molecule has 0 aromatic rings. The molecular weight excluding hydrogens is 560 g/mol. The number of hydrogen-bond acceptors (Lipinski definition) is 7. The van der Waals surface area contributed by atoms with E-state index in [1.165, 1.54) is 0 Å². The summed E-state index contributed by atoms with van der Waals surface area (Å²) in [7, 11) is 4.59. The molecule has 242 valence electrons. The quantitative estimate of drug-likeness (QED) is 0.283. The van der Waals surface area contributed by atoms with Crippen molar-refractivity contribution in [2.75, 3.05) is 53.1 Å². The van der Waals surface area contributed by atoms with Crippen molar-refractivity contribution in [1.82, 2.24) is 31.1 Å². The lowest BCUT2D eigenvalue weighted by Crippen LogP contribution is -2.65. The van der Waals surface area contributed by atoms with Crippen LogP contribution in [0.3, 0.4) is 0 Å². The van der Waals surface area contributed by atoms with Gasteiger partial charge in [-0.3, -0.25) is 24.0 Å². The number of fused-ring (bicyclic) bond motifs is 1. The van der Waals surface area contributed by atoms with Gasteiger partial charge in [-0.1, -0.05) is 37.3 Å². The maximum absolute atomic E-state index is 13.3. The number of likely N-dealkylation sites (N-methyl/N-ethyl adjacent to an activating group) is 1. The summed E-state index contributed by atoms with van der Waals surface area (Å²) >= 11 is 0. The van der Waals surface area contributed by atoms with Crippen molar-refractivity contribution in [3.05, 3.63) is 36.1 Å². The van der Waals surface area contributed by atoms with Crippen LogP contribution in [-0.2, 0) is 20.4 Å². The Morgan fingerprint density at radius 3 is 2.56 bits per heavy atom. The van der Waals surface area contributed by atoms with Gasteiger partial charge in [0.05, 0.1) is 17.5 Å². The normalized spacial score (nSPS) is 33.2. The largest absolute Gasteiger partial charge is 0.385 e. The van der Waals surface area contributed by atoms with Crippen LogP contribution in [0, 0.1) is 17.3 Å². The first-order valence-corrected chi connectivity index (χ1v) is 17.7. The standard InChI is InChI=1S/C33H56N6O3S/c1-24-10-7-8-11-26(24)33(23-35-30(41)22-38(5)6)17-19-39(20-18-33)32(3)16-9-12-27(31-28(37-32)15-21-43(31)42)36-25(2)13-14-29(40)34-4/h7-8,10-12,24-26,28,31,36-37H,9,13-23H2,1-6H3,(H,34,40)(H,35,41)/t24?,25-,26?,28?,31?,32?,43?/m1/s1. The van der Waals surface area contributed by atoms with E-state index < -0.39 is 10.8 Å². The van der Waals surface area contributed by atoms with Gasteiger partial charge in [-0.05, 0) is 83.7 Å². The highest BCUT2D eigenvalue weighted by atomic mass is 32.2. The topological polar surface area (TPSA) is 106 Å². The van der Waals surface area contributed by atoms with Gasteiger partial charge in [0.25, 0.3) is 0 Å². The van der Waals surface area contributed by atoms with Crippen LogP contribution in [0.15, 0.2) is 36.1 Å². The average Bonchev–Trinajstić information content (AvgIpc) is 3.32. The van der Waals surface area contributed by atoms with Gasteiger partial charge in [0, 0.05) is 67.4 Å². The SMILES string of the molecule is CNC(=O)CC[C@@H](C)NC1=CCCC(C)(N2CCC(CNC(=O)CN(C)C)(C3C=CC=CC3C)CC2)NC2CCS(=O)C12. The second-order valence-electron chi connectivity index (χ2n) is 13.8.